The summed E-state index contributed by atoms with van der Waals surface area (Å²) in [4.78, 5) is 1.06. The van der Waals surface area contributed by atoms with Crippen LogP contribution >= 0.6 is 12.6 Å². The van der Waals surface area contributed by atoms with Crippen molar-refractivity contribution in [3.63, 3.8) is 0 Å². The molecule has 0 bridgehead atoms. The molecule has 0 amide bonds. The van der Waals surface area contributed by atoms with Gasteiger partial charge >= 0.3 is 0 Å². The molecule has 0 fully saturated rings. The van der Waals surface area contributed by atoms with Gasteiger partial charge in [-0.3, -0.25) is 0 Å². The Bertz CT molecular complexity index is 379. The Morgan fingerprint density at radius 3 is 1.40 bits per heavy atom. The van der Waals surface area contributed by atoms with Crippen LogP contribution in [0.25, 0.3) is 10.8 Å². The quantitative estimate of drug-likeness (QED) is 0.477. The summed E-state index contributed by atoms with van der Waals surface area (Å²) < 4.78 is 0. The summed E-state index contributed by atoms with van der Waals surface area (Å²) >= 11 is 4.37. The molecule has 0 aromatic heterocycles. The van der Waals surface area contributed by atoms with E-state index in [2.05, 4.69) is 49.9 Å². The molecule has 116 valence electrons. The molecule has 1 heteroatoms. The molecular formula is C19H34S. The zero-order valence-electron chi connectivity index (χ0n) is 14.9. The van der Waals surface area contributed by atoms with Gasteiger partial charge in [0.2, 0.25) is 0 Å². The van der Waals surface area contributed by atoms with E-state index in [0.29, 0.717) is 0 Å². The highest BCUT2D eigenvalue weighted by molar-refractivity contribution is 7.80. The highest BCUT2D eigenvalue weighted by Gasteiger charge is 1.95. The van der Waals surface area contributed by atoms with E-state index in [4.69, 9.17) is 0 Å². The minimum absolute atomic E-state index is 1.06. The average molecular weight is 295 g/mol. The number of thiol groups is 1. The first kappa shape index (κ1) is 24.1. The van der Waals surface area contributed by atoms with Gasteiger partial charge in [0, 0.05) is 4.90 Å². The summed E-state index contributed by atoms with van der Waals surface area (Å²) in [6.45, 7) is 18.1. The Morgan fingerprint density at radius 1 is 0.650 bits per heavy atom. The number of fused-ring (bicyclic) bond motifs is 1. The van der Waals surface area contributed by atoms with Crippen molar-refractivity contribution in [1.82, 2.24) is 0 Å². The van der Waals surface area contributed by atoms with Crippen molar-refractivity contribution in [2.75, 3.05) is 0 Å². The lowest BCUT2D eigenvalue weighted by Crippen LogP contribution is -1.77. The molecule has 0 atom stereocenters. The van der Waals surface area contributed by atoms with Crippen LogP contribution in [-0.2, 0) is 0 Å². The number of benzene rings is 2. The molecule has 2 aromatic carbocycles. The van der Waals surface area contributed by atoms with Gasteiger partial charge in [-0.1, -0.05) is 85.7 Å². The predicted octanol–water partition coefficient (Wildman–Crippen LogP) is 7.54. The Labute approximate surface area is 133 Å². The van der Waals surface area contributed by atoms with Gasteiger partial charge in [-0.05, 0) is 29.3 Å². The Hall–Kier alpha value is -0.950. The van der Waals surface area contributed by atoms with Crippen molar-refractivity contribution in [2.24, 2.45) is 0 Å². The van der Waals surface area contributed by atoms with Gasteiger partial charge in [0.05, 0.1) is 0 Å². The summed E-state index contributed by atoms with van der Waals surface area (Å²) in [6.07, 6.45) is 0. The summed E-state index contributed by atoms with van der Waals surface area (Å²) in [5, 5.41) is 2.54. The van der Waals surface area contributed by atoms with Crippen LogP contribution in [0.15, 0.2) is 41.3 Å². The SMILES string of the molecule is CC.CC.CC.CC.Cc1cc2ccccc2cc1S. The van der Waals surface area contributed by atoms with Gasteiger partial charge in [0.15, 0.2) is 0 Å². The fraction of sp³-hybridized carbons (Fsp3) is 0.474. The number of rotatable bonds is 0. The largest absolute Gasteiger partial charge is 0.143 e. The fourth-order valence-electron chi connectivity index (χ4n) is 1.34. The summed E-state index contributed by atoms with van der Waals surface area (Å²) in [7, 11) is 0. The van der Waals surface area contributed by atoms with Gasteiger partial charge in [-0.15, -0.1) is 12.6 Å². The van der Waals surface area contributed by atoms with Crippen LogP contribution < -0.4 is 0 Å². The Morgan fingerprint density at radius 2 is 1.00 bits per heavy atom. The third-order valence-electron chi connectivity index (χ3n) is 2.06. The fourth-order valence-corrected chi connectivity index (χ4v) is 1.55. The molecule has 0 aliphatic carbocycles. The summed E-state index contributed by atoms with van der Waals surface area (Å²) in [5.74, 6) is 0. The van der Waals surface area contributed by atoms with Gasteiger partial charge in [0.25, 0.3) is 0 Å². The van der Waals surface area contributed by atoms with E-state index in [9.17, 15) is 0 Å². The van der Waals surface area contributed by atoms with E-state index < -0.39 is 0 Å². The molecule has 0 saturated heterocycles. The van der Waals surface area contributed by atoms with Crippen LogP contribution in [0.1, 0.15) is 61.0 Å². The minimum Gasteiger partial charge on any atom is -0.143 e. The molecule has 0 radical (unpaired) electrons. The van der Waals surface area contributed by atoms with E-state index in [1.54, 1.807) is 0 Å². The first-order valence-electron chi connectivity index (χ1n) is 7.96. The van der Waals surface area contributed by atoms with E-state index in [-0.39, 0.29) is 0 Å². The van der Waals surface area contributed by atoms with Crippen molar-refractivity contribution in [3.8, 4) is 0 Å². The summed E-state index contributed by atoms with van der Waals surface area (Å²) in [6, 6.07) is 12.6. The topological polar surface area (TPSA) is 0 Å². The molecule has 0 saturated carbocycles. The normalized spacial score (nSPS) is 7.50. The van der Waals surface area contributed by atoms with Crippen LogP contribution in [-0.4, -0.2) is 0 Å². The first-order chi connectivity index (χ1) is 9.77. The Kier molecular flexibility index (Phi) is 21.7. The highest BCUT2D eigenvalue weighted by atomic mass is 32.1. The second-order valence-electron chi connectivity index (χ2n) is 2.99. The minimum atomic E-state index is 1.06. The van der Waals surface area contributed by atoms with Crippen LogP contribution in [0.5, 0.6) is 0 Å². The second kappa shape index (κ2) is 18.0. The van der Waals surface area contributed by atoms with Crippen LogP contribution in [0.3, 0.4) is 0 Å². The third kappa shape index (κ3) is 9.03. The van der Waals surface area contributed by atoms with Gasteiger partial charge in [-0.2, -0.15) is 0 Å². The zero-order valence-corrected chi connectivity index (χ0v) is 15.8. The molecule has 0 heterocycles. The Balaban J connectivity index is -0.000000314. The highest BCUT2D eigenvalue weighted by Crippen LogP contribution is 2.21. The van der Waals surface area contributed by atoms with Gasteiger partial charge in [-0.25, -0.2) is 0 Å². The van der Waals surface area contributed by atoms with Gasteiger partial charge in [0.1, 0.15) is 0 Å². The monoisotopic (exact) mass is 294 g/mol. The second-order valence-corrected chi connectivity index (χ2v) is 3.47. The molecule has 2 aromatic rings. The van der Waals surface area contributed by atoms with Crippen molar-refractivity contribution >= 4 is 23.4 Å². The van der Waals surface area contributed by atoms with Crippen LogP contribution in [0.4, 0.5) is 0 Å². The van der Waals surface area contributed by atoms with Gasteiger partial charge < -0.3 is 0 Å². The maximum absolute atomic E-state index is 4.37. The van der Waals surface area contributed by atoms with Crippen molar-refractivity contribution in [1.29, 1.82) is 0 Å². The van der Waals surface area contributed by atoms with Crippen molar-refractivity contribution < 1.29 is 0 Å². The number of hydrogen-bond donors (Lipinski definition) is 1. The molecule has 20 heavy (non-hydrogen) atoms. The van der Waals surface area contributed by atoms with Crippen LogP contribution in [0.2, 0.25) is 0 Å². The van der Waals surface area contributed by atoms with E-state index in [1.165, 1.54) is 16.3 Å². The number of aryl methyl sites for hydroxylation is 1. The van der Waals surface area contributed by atoms with Crippen molar-refractivity contribution in [2.45, 2.75) is 67.2 Å². The molecular weight excluding hydrogens is 260 g/mol. The molecule has 0 N–H and O–H groups in total. The smallest absolute Gasteiger partial charge is 0.00756 e. The van der Waals surface area contributed by atoms with E-state index in [0.717, 1.165) is 4.90 Å². The van der Waals surface area contributed by atoms with Crippen molar-refractivity contribution in [3.05, 3.63) is 42.0 Å². The molecule has 0 spiro atoms. The lowest BCUT2D eigenvalue weighted by atomic mass is 10.1. The maximum atomic E-state index is 4.37. The zero-order chi connectivity index (χ0) is 16.6. The van der Waals surface area contributed by atoms with E-state index in [1.807, 2.05) is 61.5 Å². The lowest BCUT2D eigenvalue weighted by molar-refractivity contribution is 1.34. The molecule has 2 rings (SSSR count). The first-order valence-corrected chi connectivity index (χ1v) is 8.40. The van der Waals surface area contributed by atoms with Crippen LogP contribution in [0, 0.1) is 6.92 Å². The average Bonchev–Trinajstić information content (AvgIpc) is 2.56. The third-order valence-corrected chi connectivity index (χ3v) is 2.55. The molecule has 0 aliphatic rings. The van der Waals surface area contributed by atoms with E-state index >= 15 is 0 Å². The number of hydrogen-bond acceptors (Lipinski definition) is 1. The molecule has 0 nitrogen and oxygen atoms in total. The maximum Gasteiger partial charge on any atom is 0.00756 e. The summed E-state index contributed by atoms with van der Waals surface area (Å²) in [5.41, 5.74) is 1.23. The predicted molar refractivity (Wildman–Crippen MR) is 101 cm³/mol. The molecule has 0 aliphatic heterocycles. The molecule has 0 unspecified atom stereocenters. The standard InChI is InChI=1S/C11H10S.4C2H6/c1-8-6-9-4-2-3-5-10(9)7-11(8)12;4*1-2/h2-7,12H,1H3;4*1-2H3. The lowest BCUT2D eigenvalue weighted by Gasteiger charge is -2.01.